The molecule has 0 fully saturated rings. The number of hydrogen-bond donors (Lipinski definition) is 1. The Bertz CT molecular complexity index is 579. The zero-order valence-corrected chi connectivity index (χ0v) is 12.9. The number of aromatic nitrogens is 1. The van der Waals surface area contributed by atoms with Crippen LogP contribution in [0, 0.1) is 0 Å². The Hall–Kier alpha value is -1.67. The van der Waals surface area contributed by atoms with Crippen LogP contribution in [0.3, 0.4) is 0 Å². The minimum absolute atomic E-state index is 0.452. The van der Waals surface area contributed by atoms with Gasteiger partial charge in [-0.3, -0.25) is 4.98 Å². The Morgan fingerprint density at radius 2 is 2.00 bits per heavy atom. The molecule has 1 aliphatic carbocycles. The van der Waals surface area contributed by atoms with E-state index in [0.29, 0.717) is 17.9 Å². The number of pyridine rings is 1. The van der Waals surface area contributed by atoms with Crippen LogP contribution in [0.1, 0.15) is 48.9 Å². The fourth-order valence-corrected chi connectivity index (χ4v) is 3.66. The Balaban J connectivity index is 1.89. The van der Waals surface area contributed by atoms with Gasteiger partial charge in [0, 0.05) is 23.9 Å². The molecule has 0 amide bonds. The Kier molecular flexibility index (Phi) is 4.35. The molecule has 0 spiro atoms. The molecule has 110 valence electrons. The lowest BCUT2D eigenvalue weighted by Crippen LogP contribution is -2.38. The van der Waals surface area contributed by atoms with Crippen LogP contribution in [-0.4, -0.2) is 17.6 Å². The van der Waals surface area contributed by atoms with Gasteiger partial charge in [-0.2, -0.15) is 0 Å². The van der Waals surface area contributed by atoms with Crippen LogP contribution >= 0.6 is 0 Å². The quantitative estimate of drug-likeness (QED) is 0.898. The molecule has 0 saturated heterocycles. The van der Waals surface area contributed by atoms with Gasteiger partial charge in [-0.15, -0.1) is 0 Å². The van der Waals surface area contributed by atoms with Crippen molar-refractivity contribution in [2.45, 2.75) is 44.6 Å². The van der Waals surface area contributed by atoms with Gasteiger partial charge in [0.2, 0.25) is 0 Å². The Morgan fingerprint density at radius 1 is 1.19 bits per heavy atom. The average molecular weight is 280 g/mol. The standard InChI is InChI=1S/C19H24N2/c1-3-20-18(14(2)15-8-5-4-6-9-15)17-12-11-16-10-7-13-21-19(16)17/h4-10,13-14,17-18,20H,3,11-12H2,1-2H3. The second-order valence-electron chi connectivity index (χ2n) is 5.98. The van der Waals surface area contributed by atoms with Crippen molar-refractivity contribution in [3.8, 4) is 0 Å². The summed E-state index contributed by atoms with van der Waals surface area (Å²) in [5.41, 5.74) is 4.16. The van der Waals surface area contributed by atoms with E-state index in [9.17, 15) is 0 Å². The number of likely N-dealkylation sites (N-methyl/N-ethyl adjacent to an activating group) is 1. The van der Waals surface area contributed by atoms with E-state index in [1.165, 1.54) is 23.2 Å². The topological polar surface area (TPSA) is 24.9 Å². The summed E-state index contributed by atoms with van der Waals surface area (Å²) in [6.07, 6.45) is 4.31. The summed E-state index contributed by atoms with van der Waals surface area (Å²) < 4.78 is 0. The molecule has 1 N–H and O–H groups in total. The normalized spacial score (nSPS) is 20.0. The molecule has 1 aliphatic rings. The molecule has 2 heteroatoms. The third kappa shape index (κ3) is 2.86. The van der Waals surface area contributed by atoms with Crippen LogP contribution in [0.4, 0.5) is 0 Å². The molecule has 3 atom stereocenters. The van der Waals surface area contributed by atoms with Crippen LogP contribution in [0.5, 0.6) is 0 Å². The van der Waals surface area contributed by atoms with Crippen LogP contribution in [0.2, 0.25) is 0 Å². The van der Waals surface area contributed by atoms with Crippen molar-refractivity contribution in [2.75, 3.05) is 6.54 Å². The second kappa shape index (κ2) is 6.40. The molecule has 2 aromatic rings. The molecule has 21 heavy (non-hydrogen) atoms. The lowest BCUT2D eigenvalue weighted by molar-refractivity contribution is 0.383. The first-order valence-electron chi connectivity index (χ1n) is 8.03. The van der Waals surface area contributed by atoms with Crippen molar-refractivity contribution in [1.82, 2.24) is 10.3 Å². The maximum atomic E-state index is 4.68. The Labute approximate surface area is 127 Å². The van der Waals surface area contributed by atoms with Crippen molar-refractivity contribution in [3.05, 3.63) is 65.5 Å². The number of nitrogens with one attached hydrogen (secondary N) is 1. The number of aryl methyl sites for hydroxylation is 1. The van der Waals surface area contributed by atoms with Crippen molar-refractivity contribution >= 4 is 0 Å². The van der Waals surface area contributed by atoms with Crippen LogP contribution in [0.25, 0.3) is 0 Å². The molecule has 0 radical (unpaired) electrons. The predicted octanol–water partition coefficient (Wildman–Crippen LogP) is 3.89. The Morgan fingerprint density at radius 3 is 2.76 bits per heavy atom. The minimum atomic E-state index is 0.452. The largest absolute Gasteiger partial charge is 0.313 e. The van der Waals surface area contributed by atoms with Gasteiger partial charge in [0.1, 0.15) is 0 Å². The zero-order chi connectivity index (χ0) is 14.7. The summed E-state index contributed by atoms with van der Waals surface area (Å²) in [6.45, 7) is 5.53. The first-order valence-corrected chi connectivity index (χ1v) is 8.03. The molecule has 1 aromatic heterocycles. The number of benzene rings is 1. The molecular formula is C19H24N2. The van der Waals surface area contributed by atoms with Crippen molar-refractivity contribution in [3.63, 3.8) is 0 Å². The number of hydrogen-bond acceptors (Lipinski definition) is 2. The van der Waals surface area contributed by atoms with Crippen LogP contribution in [0.15, 0.2) is 48.7 Å². The molecule has 0 saturated carbocycles. The van der Waals surface area contributed by atoms with E-state index >= 15 is 0 Å². The summed E-state index contributed by atoms with van der Waals surface area (Å²) in [4.78, 5) is 4.68. The fraction of sp³-hybridized carbons (Fsp3) is 0.421. The molecule has 3 rings (SSSR count). The van der Waals surface area contributed by atoms with E-state index < -0.39 is 0 Å². The third-order valence-corrected chi connectivity index (χ3v) is 4.74. The lowest BCUT2D eigenvalue weighted by Gasteiger charge is -2.30. The molecular weight excluding hydrogens is 256 g/mol. The maximum Gasteiger partial charge on any atom is 0.0482 e. The highest BCUT2D eigenvalue weighted by Gasteiger charge is 2.33. The fourth-order valence-electron chi connectivity index (χ4n) is 3.66. The van der Waals surface area contributed by atoms with E-state index in [-0.39, 0.29) is 0 Å². The SMILES string of the molecule is CCNC(C(C)c1ccccc1)C1CCc2cccnc21. The highest BCUT2D eigenvalue weighted by molar-refractivity contribution is 5.32. The van der Waals surface area contributed by atoms with Crippen molar-refractivity contribution in [2.24, 2.45) is 0 Å². The zero-order valence-electron chi connectivity index (χ0n) is 12.9. The summed E-state index contributed by atoms with van der Waals surface area (Å²) in [7, 11) is 0. The van der Waals surface area contributed by atoms with E-state index in [2.05, 4.69) is 66.6 Å². The van der Waals surface area contributed by atoms with Gasteiger partial charge in [0.25, 0.3) is 0 Å². The first kappa shape index (κ1) is 14.3. The minimum Gasteiger partial charge on any atom is -0.313 e. The van der Waals surface area contributed by atoms with Crippen LogP contribution < -0.4 is 5.32 Å². The van der Waals surface area contributed by atoms with Crippen molar-refractivity contribution < 1.29 is 0 Å². The van der Waals surface area contributed by atoms with Gasteiger partial charge in [-0.05, 0) is 42.5 Å². The monoisotopic (exact) mass is 280 g/mol. The number of nitrogens with zero attached hydrogens (tertiary/aromatic N) is 1. The molecule has 1 aromatic carbocycles. The summed E-state index contributed by atoms with van der Waals surface area (Å²) in [5.74, 6) is 1.01. The molecule has 1 heterocycles. The van der Waals surface area contributed by atoms with E-state index in [1.54, 1.807) is 0 Å². The summed E-state index contributed by atoms with van der Waals surface area (Å²) >= 11 is 0. The molecule has 0 bridgehead atoms. The van der Waals surface area contributed by atoms with E-state index in [0.717, 1.165) is 13.0 Å². The number of fused-ring (bicyclic) bond motifs is 1. The summed E-state index contributed by atoms with van der Waals surface area (Å²) in [5, 5.41) is 3.72. The van der Waals surface area contributed by atoms with E-state index in [1.807, 2.05) is 6.20 Å². The first-order chi connectivity index (χ1) is 10.3. The average Bonchev–Trinajstić information content (AvgIpc) is 2.97. The third-order valence-electron chi connectivity index (χ3n) is 4.74. The summed E-state index contributed by atoms with van der Waals surface area (Å²) in [6, 6.07) is 15.6. The van der Waals surface area contributed by atoms with Crippen molar-refractivity contribution in [1.29, 1.82) is 0 Å². The second-order valence-corrected chi connectivity index (χ2v) is 5.98. The van der Waals surface area contributed by atoms with Gasteiger partial charge in [-0.1, -0.05) is 50.2 Å². The molecule has 0 aliphatic heterocycles. The maximum absolute atomic E-state index is 4.68. The van der Waals surface area contributed by atoms with Gasteiger partial charge < -0.3 is 5.32 Å². The van der Waals surface area contributed by atoms with Crippen LogP contribution in [-0.2, 0) is 6.42 Å². The number of rotatable bonds is 5. The highest BCUT2D eigenvalue weighted by Crippen LogP contribution is 2.38. The van der Waals surface area contributed by atoms with Gasteiger partial charge in [0.15, 0.2) is 0 Å². The van der Waals surface area contributed by atoms with E-state index in [4.69, 9.17) is 0 Å². The highest BCUT2D eigenvalue weighted by atomic mass is 14.9. The molecule has 2 nitrogen and oxygen atoms in total. The van der Waals surface area contributed by atoms with Gasteiger partial charge >= 0.3 is 0 Å². The lowest BCUT2D eigenvalue weighted by atomic mass is 9.83. The van der Waals surface area contributed by atoms with Gasteiger partial charge in [-0.25, -0.2) is 0 Å². The predicted molar refractivity (Wildman–Crippen MR) is 87.6 cm³/mol. The molecule has 3 unspecified atom stereocenters. The van der Waals surface area contributed by atoms with Gasteiger partial charge in [0.05, 0.1) is 0 Å². The smallest absolute Gasteiger partial charge is 0.0482 e.